The Kier molecular flexibility index (Phi) is 6.19. The van der Waals surface area contributed by atoms with Gasteiger partial charge in [0.05, 0.1) is 10.9 Å². The molecule has 6 heteroatoms. The van der Waals surface area contributed by atoms with Gasteiger partial charge in [-0.1, -0.05) is 30.7 Å². The molecule has 0 spiro atoms. The molecule has 122 valence electrons. The molecule has 1 aromatic carbocycles. The van der Waals surface area contributed by atoms with Crippen LogP contribution < -0.4 is 5.32 Å². The van der Waals surface area contributed by atoms with E-state index in [9.17, 15) is 9.59 Å². The van der Waals surface area contributed by atoms with Crippen LogP contribution in [0.3, 0.4) is 0 Å². The Labute approximate surface area is 144 Å². The van der Waals surface area contributed by atoms with Crippen LogP contribution in [-0.4, -0.2) is 17.0 Å². The lowest BCUT2D eigenvalue weighted by atomic mass is 10.0. The smallest absolute Gasteiger partial charge is 0.306 e. The summed E-state index contributed by atoms with van der Waals surface area (Å²) in [4.78, 5) is 23.9. The Morgan fingerprint density at radius 1 is 1.30 bits per heavy atom. The number of rotatable bonds is 7. The first kappa shape index (κ1) is 17.5. The summed E-state index contributed by atoms with van der Waals surface area (Å²) >= 11 is 7.40. The maximum Gasteiger partial charge on any atom is 0.306 e. The van der Waals surface area contributed by atoms with Crippen LogP contribution >= 0.6 is 22.9 Å². The minimum Gasteiger partial charge on any atom is -0.481 e. The Bertz CT molecular complexity index is 681. The fourth-order valence-corrected chi connectivity index (χ4v) is 3.19. The van der Waals surface area contributed by atoms with Gasteiger partial charge in [0.1, 0.15) is 0 Å². The number of carbonyl (C=O) groups excluding carboxylic acids is 1. The van der Waals surface area contributed by atoms with Crippen molar-refractivity contribution in [1.29, 1.82) is 0 Å². The highest BCUT2D eigenvalue weighted by molar-refractivity contribution is 7.10. The summed E-state index contributed by atoms with van der Waals surface area (Å²) in [7, 11) is 0. The molecule has 0 saturated carbocycles. The number of carboxylic acids is 1. The van der Waals surface area contributed by atoms with E-state index in [1.165, 1.54) is 0 Å². The van der Waals surface area contributed by atoms with Gasteiger partial charge in [-0.3, -0.25) is 9.59 Å². The Morgan fingerprint density at radius 3 is 2.57 bits per heavy atom. The molecule has 2 aromatic rings. The number of carboxylic acid groups (broad SMARTS) is 1. The Hall–Kier alpha value is -1.85. The number of carbonyl (C=O) groups is 2. The van der Waals surface area contributed by atoms with Gasteiger partial charge >= 0.3 is 5.97 Å². The van der Waals surface area contributed by atoms with E-state index in [-0.39, 0.29) is 5.91 Å². The predicted octanol–water partition coefficient (Wildman–Crippen LogP) is 4.24. The third kappa shape index (κ3) is 5.69. The molecule has 1 aromatic heterocycles. The van der Waals surface area contributed by atoms with E-state index in [0.717, 1.165) is 10.4 Å². The molecule has 1 atom stereocenters. The molecule has 23 heavy (non-hydrogen) atoms. The van der Waals surface area contributed by atoms with E-state index in [1.54, 1.807) is 30.4 Å². The fourth-order valence-electron chi connectivity index (χ4n) is 2.11. The van der Waals surface area contributed by atoms with Gasteiger partial charge in [-0.05, 0) is 36.6 Å². The Balaban J connectivity index is 1.82. The predicted molar refractivity (Wildman–Crippen MR) is 93.2 cm³/mol. The second-order valence-corrected chi connectivity index (χ2v) is 6.85. The number of anilines is 1. The topological polar surface area (TPSA) is 66.4 Å². The molecule has 1 heterocycles. The van der Waals surface area contributed by atoms with Crippen molar-refractivity contribution < 1.29 is 14.7 Å². The normalized spacial score (nSPS) is 11.9. The number of thiophene rings is 1. The first-order valence-corrected chi connectivity index (χ1v) is 8.54. The molecule has 2 rings (SSSR count). The second kappa shape index (κ2) is 8.13. The number of nitrogens with one attached hydrogen (secondary N) is 1. The monoisotopic (exact) mass is 351 g/mol. The number of amides is 1. The summed E-state index contributed by atoms with van der Waals surface area (Å²) < 4.78 is 0. The number of hydrogen-bond donors (Lipinski definition) is 2. The maximum absolute atomic E-state index is 11.9. The van der Waals surface area contributed by atoms with Crippen LogP contribution in [0.4, 0.5) is 5.69 Å². The van der Waals surface area contributed by atoms with E-state index in [2.05, 4.69) is 5.32 Å². The maximum atomic E-state index is 11.9. The lowest BCUT2D eigenvalue weighted by molar-refractivity contribution is -0.141. The summed E-state index contributed by atoms with van der Waals surface area (Å²) in [5.41, 5.74) is 1.65. The number of aliphatic carboxylic acids is 1. The van der Waals surface area contributed by atoms with Crippen LogP contribution in [0.15, 0.2) is 35.7 Å². The highest BCUT2D eigenvalue weighted by atomic mass is 35.5. The van der Waals surface area contributed by atoms with Gasteiger partial charge in [-0.2, -0.15) is 0 Å². The molecule has 0 aliphatic rings. The summed E-state index contributed by atoms with van der Waals surface area (Å²) in [6.07, 6.45) is 1.54. The zero-order valence-electron chi connectivity index (χ0n) is 12.7. The van der Waals surface area contributed by atoms with Gasteiger partial charge in [0.25, 0.3) is 0 Å². The first-order chi connectivity index (χ1) is 10.9. The molecule has 4 nitrogen and oxygen atoms in total. The quantitative estimate of drug-likeness (QED) is 0.784. The molecule has 0 fully saturated rings. The van der Waals surface area contributed by atoms with Gasteiger partial charge in [0.15, 0.2) is 0 Å². The standard InChI is InChI=1S/C17H18ClNO3S/c1-11(17(21)22)8-12-2-4-14(5-3-12)19-16(20)7-6-15-9-13(18)10-23-15/h2-5,9-11H,6-8H2,1H3,(H,19,20)(H,21,22). The average molecular weight is 352 g/mol. The van der Waals surface area contributed by atoms with Crippen LogP contribution in [0, 0.1) is 5.92 Å². The van der Waals surface area contributed by atoms with Crippen LogP contribution in [0.1, 0.15) is 23.8 Å². The van der Waals surface area contributed by atoms with Crippen molar-refractivity contribution in [2.45, 2.75) is 26.2 Å². The lowest BCUT2D eigenvalue weighted by Crippen LogP contribution is -2.13. The summed E-state index contributed by atoms with van der Waals surface area (Å²) in [5.74, 6) is -1.29. The second-order valence-electron chi connectivity index (χ2n) is 5.42. The third-order valence-corrected chi connectivity index (χ3v) is 4.77. The van der Waals surface area contributed by atoms with E-state index < -0.39 is 11.9 Å². The molecular weight excluding hydrogens is 334 g/mol. The summed E-state index contributed by atoms with van der Waals surface area (Å²) in [6.45, 7) is 1.68. The molecule has 0 saturated heterocycles. The van der Waals surface area contributed by atoms with Gasteiger partial charge in [-0.15, -0.1) is 11.3 Å². The third-order valence-electron chi connectivity index (χ3n) is 3.42. The van der Waals surface area contributed by atoms with E-state index in [0.29, 0.717) is 30.0 Å². The summed E-state index contributed by atoms with van der Waals surface area (Å²) in [5, 5.41) is 14.3. The highest BCUT2D eigenvalue weighted by Crippen LogP contribution is 2.20. The van der Waals surface area contributed by atoms with E-state index >= 15 is 0 Å². The summed E-state index contributed by atoms with van der Waals surface area (Å²) in [6, 6.07) is 9.15. The fraction of sp³-hybridized carbons (Fsp3) is 0.294. The SMILES string of the molecule is CC(Cc1ccc(NC(=O)CCc2cc(Cl)cs2)cc1)C(=O)O. The van der Waals surface area contributed by atoms with Crippen molar-refractivity contribution in [2.24, 2.45) is 5.92 Å². The number of hydrogen-bond acceptors (Lipinski definition) is 3. The molecule has 0 aliphatic heterocycles. The van der Waals surface area contributed by atoms with Gasteiger partial charge in [0.2, 0.25) is 5.91 Å². The molecule has 1 unspecified atom stereocenters. The number of benzene rings is 1. The van der Waals surface area contributed by atoms with E-state index in [1.807, 2.05) is 23.6 Å². The molecule has 1 amide bonds. The largest absolute Gasteiger partial charge is 0.481 e. The molecule has 2 N–H and O–H groups in total. The van der Waals surface area contributed by atoms with Crippen molar-refractivity contribution in [3.05, 3.63) is 51.2 Å². The van der Waals surface area contributed by atoms with Gasteiger partial charge < -0.3 is 10.4 Å². The minimum absolute atomic E-state index is 0.0545. The number of aryl methyl sites for hydroxylation is 1. The minimum atomic E-state index is -0.809. The van der Waals surface area contributed by atoms with Crippen molar-refractivity contribution in [3.8, 4) is 0 Å². The zero-order chi connectivity index (χ0) is 16.8. The number of halogens is 1. The molecule has 0 bridgehead atoms. The van der Waals surface area contributed by atoms with Crippen molar-refractivity contribution in [1.82, 2.24) is 0 Å². The van der Waals surface area contributed by atoms with Crippen molar-refractivity contribution >= 4 is 40.5 Å². The first-order valence-electron chi connectivity index (χ1n) is 7.28. The van der Waals surface area contributed by atoms with E-state index in [4.69, 9.17) is 16.7 Å². The average Bonchev–Trinajstić information content (AvgIpc) is 2.92. The van der Waals surface area contributed by atoms with Crippen LogP contribution in [0.5, 0.6) is 0 Å². The lowest BCUT2D eigenvalue weighted by Gasteiger charge is -2.08. The Morgan fingerprint density at radius 2 is 2.00 bits per heavy atom. The van der Waals surface area contributed by atoms with Gasteiger partial charge in [0, 0.05) is 22.4 Å². The van der Waals surface area contributed by atoms with Crippen molar-refractivity contribution in [2.75, 3.05) is 5.32 Å². The van der Waals surface area contributed by atoms with Crippen LogP contribution in [0.25, 0.3) is 0 Å². The molecule has 0 radical (unpaired) electrons. The highest BCUT2D eigenvalue weighted by Gasteiger charge is 2.11. The molecular formula is C17H18ClNO3S. The molecule has 0 aliphatic carbocycles. The van der Waals surface area contributed by atoms with Gasteiger partial charge in [-0.25, -0.2) is 0 Å². The van der Waals surface area contributed by atoms with Crippen molar-refractivity contribution in [3.63, 3.8) is 0 Å². The zero-order valence-corrected chi connectivity index (χ0v) is 14.3. The van der Waals surface area contributed by atoms with Crippen LogP contribution in [-0.2, 0) is 22.4 Å². The van der Waals surface area contributed by atoms with Crippen LogP contribution in [0.2, 0.25) is 5.02 Å².